The average Bonchev–Trinajstić information content (AvgIpc) is 3.37. The molecule has 254 valence electrons. The number of carbonyl (C=O) groups is 2. The van der Waals surface area contributed by atoms with Crippen molar-refractivity contribution in [2.45, 2.75) is 62.2 Å². The van der Waals surface area contributed by atoms with Crippen molar-refractivity contribution >= 4 is 69.2 Å². The molecule has 0 amide bonds. The minimum atomic E-state index is -1.61. The van der Waals surface area contributed by atoms with Gasteiger partial charge in [0.15, 0.2) is 11.2 Å². The van der Waals surface area contributed by atoms with Gasteiger partial charge in [-0.15, -0.1) is 23.1 Å². The van der Waals surface area contributed by atoms with Crippen LogP contribution in [0.2, 0.25) is 8.67 Å². The van der Waals surface area contributed by atoms with Gasteiger partial charge < -0.3 is 29.2 Å². The number of Topliss-reactive ketones (excluding diaryl/α,β-unsaturated/α-hetero) is 1. The Hall–Kier alpha value is -3.74. The first-order valence-corrected chi connectivity index (χ1v) is 17.5. The predicted molar refractivity (Wildman–Crippen MR) is 190 cm³/mol. The second kappa shape index (κ2) is 17.6. The molecule has 4 aromatic rings. The van der Waals surface area contributed by atoms with E-state index in [1.807, 2.05) is 31.2 Å². The Balaban J connectivity index is 1.40. The summed E-state index contributed by atoms with van der Waals surface area (Å²) in [7, 11) is 0. The lowest BCUT2D eigenvalue weighted by molar-refractivity contribution is 0.101. The number of hydrogen-bond donors (Lipinski definition) is 3. The highest BCUT2D eigenvalue weighted by atomic mass is 35.5. The molecule has 2 aromatic carbocycles. The van der Waals surface area contributed by atoms with E-state index < -0.39 is 28.9 Å². The van der Waals surface area contributed by atoms with Crippen LogP contribution < -0.4 is 14.9 Å². The fourth-order valence-corrected chi connectivity index (χ4v) is 7.46. The number of phenolic OH excluding ortho intramolecular Hbond substituents is 1. The SMILES string of the molecule is CCCc1c(OCCCC/C=C\C=C\C(Sc2ccc3c(=O)cc(OC(=O)O)oc3c2)C(O)c2cc(Cl)sc2Cl)ccc(C(C)=O)c1O. The van der Waals surface area contributed by atoms with Gasteiger partial charge in [-0.1, -0.05) is 60.9 Å². The smallest absolute Gasteiger partial charge is 0.507 e. The zero-order chi connectivity index (χ0) is 34.8. The number of ketones is 1. The molecule has 0 aliphatic carbocycles. The van der Waals surface area contributed by atoms with Crippen LogP contribution in [0.5, 0.6) is 17.4 Å². The fraction of sp³-hybridized carbons (Fsp3) is 0.286. The second-order valence-electron chi connectivity index (χ2n) is 10.7. The standard InChI is InChI=1S/C35H34Cl2O9S2/c1-3-10-24-27(15-14-22(20(2)38)32(24)40)44-16-9-7-5-4-6-8-11-29(33(41)25-18-30(36)48-34(25)37)47-21-12-13-23-26(39)19-31(46-35(42)43)45-28(23)17-21/h4,6,8,11-15,17-19,29,33,40-41H,3,5,7,9-10,16H2,1-2H3,(H,42,43)/b6-4-,11-8+. The van der Waals surface area contributed by atoms with E-state index >= 15 is 0 Å². The summed E-state index contributed by atoms with van der Waals surface area (Å²) in [6, 6.07) is 10.8. The van der Waals surface area contributed by atoms with Crippen molar-refractivity contribution in [2.75, 3.05) is 6.61 Å². The van der Waals surface area contributed by atoms with E-state index in [0.717, 1.165) is 43.1 Å². The molecule has 2 atom stereocenters. The molecule has 0 saturated heterocycles. The van der Waals surface area contributed by atoms with Gasteiger partial charge in [0, 0.05) is 16.0 Å². The number of unbranched alkanes of at least 4 members (excludes halogenated alkanes) is 2. The van der Waals surface area contributed by atoms with Crippen molar-refractivity contribution in [3.8, 4) is 17.4 Å². The van der Waals surface area contributed by atoms with Gasteiger partial charge in [-0.25, -0.2) is 4.79 Å². The fourth-order valence-electron chi connectivity index (χ4n) is 4.84. The van der Waals surface area contributed by atoms with E-state index in [0.29, 0.717) is 49.0 Å². The molecule has 4 rings (SSSR count). The zero-order valence-corrected chi connectivity index (χ0v) is 29.3. The van der Waals surface area contributed by atoms with Crippen molar-refractivity contribution in [1.29, 1.82) is 0 Å². The number of carbonyl (C=O) groups excluding carboxylic acids is 1. The summed E-state index contributed by atoms with van der Waals surface area (Å²) >= 11 is 14.9. The third-order valence-electron chi connectivity index (χ3n) is 7.14. The van der Waals surface area contributed by atoms with E-state index in [4.69, 9.17) is 37.5 Å². The third kappa shape index (κ3) is 9.90. The quantitative estimate of drug-likeness (QED) is 0.0335. The van der Waals surface area contributed by atoms with Crippen molar-refractivity contribution in [3.63, 3.8) is 0 Å². The molecule has 0 fully saturated rings. The number of carboxylic acid groups (broad SMARTS) is 1. The van der Waals surface area contributed by atoms with Crippen LogP contribution >= 0.6 is 46.3 Å². The first-order valence-electron chi connectivity index (χ1n) is 15.1. The molecular formula is C35H34Cl2O9S2. The van der Waals surface area contributed by atoms with Gasteiger partial charge in [0.25, 0.3) is 5.95 Å². The van der Waals surface area contributed by atoms with E-state index in [1.165, 1.54) is 18.7 Å². The average molecular weight is 734 g/mol. The first kappa shape index (κ1) is 37.1. The number of aliphatic hydroxyl groups excluding tert-OH is 1. The Bertz CT molecular complexity index is 1880. The number of thioether (sulfide) groups is 1. The maximum Gasteiger partial charge on any atom is 0.513 e. The molecule has 0 bridgehead atoms. The number of aromatic hydroxyl groups is 1. The number of hydrogen-bond acceptors (Lipinski definition) is 10. The summed E-state index contributed by atoms with van der Waals surface area (Å²) in [5.74, 6) is -0.0499. The van der Waals surface area contributed by atoms with Crippen LogP contribution in [0.4, 0.5) is 4.79 Å². The van der Waals surface area contributed by atoms with Gasteiger partial charge in [-0.05, 0) is 69.0 Å². The van der Waals surface area contributed by atoms with E-state index in [1.54, 1.807) is 36.4 Å². The van der Waals surface area contributed by atoms with Gasteiger partial charge >= 0.3 is 6.16 Å². The number of phenols is 1. The molecule has 48 heavy (non-hydrogen) atoms. The number of allylic oxidation sites excluding steroid dienone is 3. The highest BCUT2D eigenvalue weighted by molar-refractivity contribution is 8.00. The maximum atomic E-state index is 12.4. The molecule has 3 N–H and O–H groups in total. The lowest BCUT2D eigenvalue weighted by Gasteiger charge is -2.19. The van der Waals surface area contributed by atoms with Gasteiger partial charge in [0.05, 0.1) is 39.3 Å². The Morgan fingerprint density at radius 3 is 2.58 bits per heavy atom. The van der Waals surface area contributed by atoms with Crippen LogP contribution in [-0.4, -0.2) is 39.1 Å². The molecule has 0 aliphatic rings. The van der Waals surface area contributed by atoms with E-state index in [9.17, 15) is 24.6 Å². The number of rotatable bonds is 16. The number of benzene rings is 2. The largest absolute Gasteiger partial charge is 0.513 e. The second-order valence-corrected chi connectivity index (χ2v) is 14.2. The van der Waals surface area contributed by atoms with Crippen LogP contribution in [0.25, 0.3) is 11.0 Å². The van der Waals surface area contributed by atoms with Crippen molar-refractivity contribution in [2.24, 2.45) is 0 Å². The summed E-state index contributed by atoms with van der Waals surface area (Å²) in [5.41, 5.74) is 1.11. The Kier molecular flexibility index (Phi) is 13.6. The maximum absolute atomic E-state index is 12.4. The van der Waals surface area contributed by atoms with Crippen LogP contribution in [-0.2, 0) is 6.42 Å². The number of thiophene rings is 1. The molecule has 9 nitrogen and oxygen atoms in total. The highest BCUT2D eigenvalue weighted by Gasteiger charge is 2.24. The number of fused-ring (bicyclic) bond motifs is 1. The lowest BCUT2D eigenvalue weighted by atomic mass is 10.0. The molecule has 2 aromatic heterocycles. The molecule has 0 radical (unpaired) electrons. The van der Waals surface area contributed by atoms with Gasteiger partial charge in [0.1, 0.15) is 21.4 Å². The highest BCUT2D eigenvalue weighted by Crippen LogP contribution is 2.41. The molecule has 13 heteroatoms. The summed E-state index contributed by atoms with van der Waals surface area (Å²) < 4.78 is 16.8. The van der Waals surface area contributed by atoms with Crippen molar-refractivity contribution in [3.05, 3.63) is 102 Å². The monoisotopic (exact) mass is 732 g/mol. The van der Waals surface area contributed by atoms with Crippen molar-refractivity contribution in [1.82, 2.24) is 0 Å². The number of halogens is 2. The molecule has 2 heterocycles. The molecule has 2 unspecified atom stereocenters. The first-order chi connectivity index (χ1) is 23.0. The molecule has 0 aliphatic heterocycles. The van der Waals surface area contributed by atoms with Gasteiger partial charge in [0.2, 0.25) is 0 Å². The summed E-state index contributed by atoms with van der Waals surface area (Å²) in [5, 5.41) is 30.5. The van der Waals surface area contributed by atoms with Crippen LogP contribution in [0.15, 0.2) is 80.9 Å². The summed E-state index contributed by atoms with van der Waals surface area (Å²) in [6.45, 7) is 3.89. The van der Waals surface area contributed by atoms with Crippen LogP contribution in [0.3, 0.4) is 0 Å². The lowest BCUT2D eigenvalue weighted by Crippen LogP contribution is -2.12. The third-order valence-corrected chi connectivity index (χ3v) is 9.87. The minimum Gasteiger partial charge on any atom is -0.507 e. The normalized spacial score (nSPS) is 12.9. The molecule has 0 spiro atoms. The number of ether oxygens (including phenoxy) is 2. The minimum absolute atomic E-state index is 0.00536. The topological polar surface area (TPSA) is 144 Å². The van der Waals surface area contributed by atoms with Crippen molar-refractivity contribution < 1.29 is 38.8 Å². The predicted octanol–water partition coefficient (Wildman–Crippen LogP) is 9.63. The van der Waals surface area contributed by atoms with Crippen LogP contribution in [0, 0.1) is 0 Å². The van der Waals surface area contributed by atoms with E-state index in [-0.39, 0.29) is 22.5 Å². The van der Waals surface area contributed by atoms with Crippen LogP contribution in [0.1, 0.15) is 67.1 Å². The van der Waals surface area contributed by atoms with Gasteiger partial charge in [-0.2, -0.15) is 0 Å². The molecule has 0 saturated carbocycles. The summed E-state index contributed by atoms with van der Waals surface area (Å²) in [4.78, 5) is 35.8. The molecular weight excluding hydrogens is 699 g/mol. The number of aliphatic hydroxyl groups is 1. The Morgan fingerprint density at radius 1 is 1.10 bits per heavy atom. The Labute approximate surface area is 295 Å². The zero-order valence-electron chi connectivity index (χ0n) is 26.1. The van der Waals surface area contributed by atoms with E-state index in [2.05, 4.69) is 4.74 Å². The summed E-state index contributed by atoms with van der Waals surface area (Å²) in [6.07, 6.45) is 8.73. The Morgan fingerprint density at radius 2 is 1.90 bits per heavy atom. The van der Waals surface area contributed by atoms with Gasteiger partial charge in [-0.3, -0.25) is 9.59 Å².